The van der Waals surface area contributed by atoms with Gasteiger partial charge in [0.15, 0.2) is 0 Å². The summed E-state index contributed by atoms with van der Waals surface area (Å²) in [5, 5.41) is 4.10. The smallest absolute Gasteiger partial charge is 0.134 e. The maximum Gasteiger partial charge on any atom is 0.134 e. The number of rotatable bonds is 5. The van der Waals surface area contributed by atoms with Crippen LogP contribution in [0.2, 0.25) is 5.02 Å². The summed E-state index contributed by atoms with van der Waals surface area (Å²) in [7, 11) is 0. The van der Waals surface area contributed by atoms with Gasteiger partial charge in [-0.05, 0) is 43.7 Å². The molecule has 2 aromatic rings. The molecule has 18 heavy (non-hydrogen) atoms. The lowest BCUT2D eigenvalue weighted by Gasteiger charge is -2.04. The van der Waals surface area contributed by atoms with Crippen LogP contribution in [0.5, 0.6) is 0 Å². The quantitative estimate of drug-likeness (QED) is 0.809. The number of furan rings is 1. The third-order valence-corrected chi connectivity index (χ3v) is 3.33. The van der Waals surface area contributed by atoms with E-state index in [1.54, 1.807) is 0 Å². The summed E-state index contributed by atoms with van der Waals surface area (Å²) in [6.07, 6.45) is 1.13. The second-order valence-corrected chi connectivity index (χ2v) is 4.76. The van der Waals surface area contributed by atoms with Crippen LogP contribution in [0.1, 0.15) is 24.7 Å². The summed E-state index contributed by atoms with van der Waals surface area (Å²) in [4.78, 5) is 0. The van der Waals surface area contributed by atoms with Crippen LogP contribution in [0.25, 0.3) is 11.3 Å². The van der Waals surface area contributed by atoms with Crippen LogP contribution < -0.4 is 5.32 Å². The first-order valence-corrected chi connectivity index (χ1v) is 6.65. The van der Waals surface area contributed by atoms with E-state index in [4.69, 9.17) is 16.0 Å². The predicted molar refractivity (Wildman–Crippen MR) is 75.9 cm³/mol. The van der Waals surface area contributed by atoms with Crippen molar-refractivity contribution in [3.8, 4) is 11.3 Å². The van der Waals surface area contributed by atoms with Gasteiger partial charge in [-0.1, -0.05) is 30.7 Å². The zero-order valence-corrected chi connectivity index (χ0v) is 11.6. The fourth-order valence-electron chi connectivity index (χ4n) is 1.88. The Bertz CT molecular complexity index is 519. The van der Waals surface area contributed by atoms with Crippen LogP contribution in [0, 0.1) is 6.92 Å². The molecule has 0 amide bonds. The molecule has 2 nitrogen and oxygen atoms in total. The summed E-state index contributed by atoms with van der Waals surface area (Å²) < 4.78 is 5.83. The molecule has 2 rings (SSSR count). The summed E-state index contributed by atoms with van der Waals surface area (Å²) in [5.74, 6) is 1.83. The molecular weight excluding hydrogens is 246 g/mol. The highest BCUT2D eigenvalue weighted by molar-refractivity contribution is 6.31. The third kappa shape index (κ3) is 2.95. The minimum atomic E-state index is 0.771. The molecule has 1 aromatic carbocycles. The summed E-state index contributed by atoms with van der Waals surface area (Å²) in [6.45, 7) is 5.94. The highest BCUT2D eigenvalue weighted by Crippen LogP contribution is 2.29. The van der Waals surface area contributed by atoms with Crippen molar-refractivity contribution in [2.45, 2.75) is 26.8 Å². The lowest BCUT2D eigenvalue weighted by Crippen LogP contribution is -2.12. The average Bonchev–Trinajstić information content (AvgIpc) is 2.82. The lowest BCUT2D eigenvalue weighted by atomic mass is 10.1. The minimum Gasteiger partial charge on any atom is -0.460 e. The van der Waals surface area contributed by atoms with Gasteiger partial charge in [-0.25, -0.2) is 0 Å². The van der Waals surface area contributed by atoms with E-state index >= 15 is 0 Å². The van der Waals surface area contributed by atoms with Gasteiger partial charge in [0.25, 0.3) is 0 Å². The Morgan fingerprint density at radius 2 is 2.06 bits per heavy atom. The molecule has 96 valence electrons. The summed E-state index contributed by atoms with van der Waals surface area (Å²) in [6, 6.07) is 9.89. The van der Waals surface area contributed by atoms with Gasteiger partial charge in [-0.3, -0.25) is 0 Å². The van der Waals surface area contributed by atoms with E-state index in [0.717, 1.165) is 47.2 Å². The monoisotopic (exact) mass is 263 g/mol. The van der Waals surface area contributed by atoms with Crippen molar-refractivity contribution in [2.24, 2.45) is 0 Å². The molecule has 1 heterocycles. The van der Waals surface area contributed by atoms with E-state index in [2.05, 4.69) is 12.2 Å². The number of hydrogen-bond acceptors (Lipinski definition) is 2. The van der Waals surface area contributed by atoms with Crippen LogP contribution >= 0.6 is 11.6 Å². The van der Waals surface area contributed by atoms with Crippen LogP contribution in [0.15, 0.2) is 34.7 Å². The van der Waals surface area contributed by atoms with Gasteiger partial charge in [0.1, 0.15) is 11.5 Å². The average molecular weight is 264 g/mol. The highest BCUT2D eigenvalue weighted by Gasteiger charge is 2.09. The van der Waals surface area contributed by atoms with Gasteiger partial charge in [0.2, 0.25) is 0 Å². The van der Waals surface area contributed by atoms with Crippen LogP contribution in [0.4, 0.5) is 0 Å². The Morgan fingerprint density at radius 3 is 2.83 bits per heavy atom. The molecule has 0 atom stereocenters. The van der Waals surface area contributed by atoms with E-state index in [9.17, 15) is 0 Å². The SMILES string of the molecule is CCCNCc1ccc(-c2cccc(Cl)c2C)o1. The van der Waals surface area contributed by atoms with Crippen LogP contribution in [-0.4, -0.2) is 6.54 Å². The zero-order valence-electron chi connectivity index (χ0n) is 10.8. The van der Waals surface area contributed by atoms with Gasteiger partial charge in [-0.15, -0.1) is 0 Å². The molecule has 0 aliphatic heterocycles. The Labute approximate surface area is 113 Å². The first-order chi connectivity index (χ1) is 8.72. The molecule has 0 aliphatic carbocycles. The van der Waals surface area contributed by atoms with Gasteiger partial charge in [-0.2, -0.15) is 0 Å². The number of halogens is 1. The van der Waals surface area contributed by atoms with E-state index < -0.39 is 0 Å². The van der Waals surface area contributed by atoms with Crippen LogP contribution in [-0.2, 0) is 6.54 Å². The second kappa shape index (κ2) is 6.07. The Balaban J connectivity index is 2.16. The Hall–Kier alpha value is -1.25. The number of hydrogen-bond donors (Lipinski definition) is 1. The van der Waals surface area contributed by atoms with Gasteiger partial charge >= 0.3 is 0 Å². The summed E-state index contributed by atoms with van der Waals surface area (Å²) in [5.41, 5.74) is 2.12. The minimum absolute atomic E-state index is 0.771. The van der Waals surface area contributed by atoms with Gasteiger partial charge < -0.3 is 9.73 Å². The van der Waals surface area contributed by atoms with Crippen molar-refractivity contribution in [1.82, 2.24) is 5.32 Å². The maximum absolute atomic E-state index is 6.12. The van der Waals surface area contributed by atoms with Gasteiger partial charge in [0, 0.05) is 10.6 Å². The van der Waals surface area contributed by atoms with Crippen molar-refractivity contribution in [1.29, 1.82) is 0 Å². The fourth-order valence-corrected chi connectivity index (χ4v) is 2.05. The molecule has 0 saturated heterocycles. The lowest BCUT2D eigenvalue weighted by molar-refractivity contribution is 0.493. The fraction of sp³-hybridized carbons (Fsp3) is 0.333. The van der Waals surface area contributed by atoms with Crippen molar-refractivity contribution < 1.29 is 4.42 Å². The predicted octanol–water partition coefficient (Wildman–Crippen LogP) is 4.41. The van der Waals surface area contributed by atoms with Crippen LogP contribution in [0.3, 0.4) is 0 Å². The molecule has 1 aromatic heterocycles. The maximum atomic E-state index is 6.12. The normalized spacial score (nSPS) is 10.8. The zero-order chi connectivity index (χ0) is 13.0. The first-order valence-electron chi connectivity index (χ1n) is 6.27. The van der Waals surface area contributed by atoms with Crippen molar-refractivity contribution in [3.63, 3.8) is 0 Å². The number of benzene rings is 1. The van der Waals surface area contributed by atoms with E-state index in [0.29, 0.717) is 0 Å². The highest BCUT2D eigenvalue weighted by atomic mass is 35.5. The van der Waals surface area contributed by atoms with Crippen molar-refractivity contribution >= 4 is 11.6 Å². The van der Waals surface area contributed by atoms with Gasteiger partial charge in [0.05, 0.1) is 6.54 Å². The molecule has 0 saturated carbocycles. The largest absolute Gasteiger partial charge is 0.460 e. The second-order valence-electron chi connectivity index (χ2n) is 4.36. The van der Waals surface area contributed by atoms with E-state index in [1.807, 2.05) is 37.3 Å². The van der Waals surface area contributed by atoms with E-state index in [1.165, 1.54) is 0 Å². The molecular formula is C15H18ClNO. The van der Waals surface area contributed by atoms with E-state index in [-0.39, 0.29) is 0 Å². The Kier molecular flexibility index (Phi) is 4.45. The summed E-state index contributed by atoms with van der Waals surface area (Å²) >= 11 is 6.12. The molecule has 0 bridgehead atoms. The first kappa shape index (κ1) is 13.2. The Morgan fingerprint density at radius 1 is 1.22 bits per heavy atom. The molecule has 0 unspecified atom stereocenters. The van der Waals surface area contributed by atoms with Crippen molar-refractivity contribution in [2.75, 3.05) is 6.54 Å². The third-order valence-electron chi connectivity index (χ3n) is 2.92. The topological polar surface area (TPSA) is 25.2 Å². The molecule has 0 spiro atoms. The molecule has 0 aliphatic rings. The standard InChI is InChI=1S/C15H18ClNO/c1-3-9-17-10-12-7-8-15(18-12)13-5-4-6-14(16)11(13)2/h4-8,17H,3,9-10H2,1-2H3. The number of nitrogens with one attached hydrogen (secondary N) is 1. The molecule has 3 heteroatoms. The van der Waals surface area contributed by atoms with Crippen molar-refractivity contribution in [3.05, 3.63) is 46.7 Å². The molecule has 0 radical (unpaired) electrons. The molecule has 1 N–H and O–H groups in total. The molecule has 0 fully saturated rings.